The average Bonchev–Trinajstić information content (AvgIpc) is 3.30. The molecule has 168 valence electrons. The van der Waals surface area contributed by atoms with Gasteiger partial charge in [0.2, 0.25) is 5.88 Å². The molecule has 4 aromatic rings. The molecule has 2 aromatic heterocycles. The summed E-state index contributed by atoms with van der Waals surface area (Å²) in [5, 5.41) is 4.43. The second-order valence-electron chi connectivity index (χ2n) is 6.73. The minimum absolute atomic E-state index is 0.0607. The highest BCUT2D eigenvalue weighted by Crippen LogP contribution is 2.36. The number of amides is 2. The molecule has 0 atom stereocenters. The number of urea groups is 1. The molecule has 7 nitrogen and oxygen atoms in total. The minimum atomic E-state index is -4.64. The van der Waals surface area contributed by atoms with E-state index in [9.17, 15) is 18.0 Å². The summed E-state index contributed by atoms with van der Waals surface area (Å²) in [4.78, 5) is 23.6. The van der Waals surface area contributed by atoms with E-state index in [-0.39, 0.29) is 11.6 Å². The first kappa shape index (κ1) is 22.2. The molecule has 0 spiro atoms. The summed E-state index contributed by atoms with van der Waals surface area (Å²) in [5.41, 5.74) is 0.689. The van der Waals surface area contributed by atoms with Crippen LogP contribution in [0.5, 0.6) is 11.6 Å². The number of nitrogens with zero attached hydrogens (tertiary/aromatic N) is 2. The molecule has 4 rings (SSSR count). The van der Waals surface area contributed by atoms with Crippen molar-refractivity contribution in [2.45, 2.75) is 6.18 Å². The van der Waals surface area contributed by atoms with Crippen LogP contribution in [0.4, 0.5) is 29.3 Å². The van der Waals surface area contributed by atoms with E-state index in [0.29, 0.717) is 17.1 Å². The quantitative estimate of drug-likeness (QED) is 0.305. The lowest BCUT2D eigenvalue weighted by atomic mass is 10.2. The van der Waals surface area contributed by atoms with E-state index in [2.05, 4.69) is 25.6 Å². The van der Waals surface area contributed by atoms with Crippen molar-refractivity contribution < 1.29 is 22.7 Å². The number of halogens is 4. The monoisotopic (exact) mass is 473 g/mol. The van der Waals surface area contributed by atoms with Crippen LogP contribution in [0.2, 0.25) is 5.02 Å². The first-order chi connectivity index (χ1) is 15.8. The molecule has 0 unspecified atom stereocenters. The Bertz CT molecular complexity index is 1280. The highest BCUT2D eigenvalue weighted by molar-refractivity contribution is 6.31. The van der Waals surface area contributed by atoms with Crippen LogP contribution in [0.3, 0.4) is 0 Å². The van der Waals surface area contributed by atoms with Crippen LogP contribution in [0.1, 0.15) is 5.56 Å². The van der Waals surface area contributed by atoms with E-state index < -0.39 is 22.8 Å². The Hall–Kier alpha value is -4.05. The number of ether oxygens (including phenoxy) is 1. The summed E-state index contributed by atoms with van der Waals surface area (Å²) in [5.74, 6) is 0.673. The number of nitrogens with one attached hydrogen (secondary N) is 3. The molecule has 0 aliphatic carbocycles. The fourth-order valence-electron chi connectivity index (χ4n) is 2.90. The molecule has 0 fully saturated rings. The number of hydrogen-bond acceptors (Lipinski definition) is 4. The molecule has 0 saturated carbocycles. The van der Waals surface area contributed by atoms with Crippen molar-refractivity contribution in [3.63, 3.8) is 0 Å². The van der Waals surface area contributed by atoms with Gasteiger partial charge < -0.3 is 20.4 Å². The fraction of sp³-hybridized carbons (Fsp3) is 0.0455. The maximum absolute atomic E-state index is 13.0. The van der Waals surface area contributed by atoms with Gasteiger partial charge in [0.25, 0.3) is 0 Å². The van der Waals surface area contributed by atoms with Crippen molar-refractivity contribution in [3.8, 4) is 23.0 Å². The third-order valence-corrected chi connectivity index (χ3v) is 4.69. The Kier molecular flexibility index (Phi) is 6.18. The smallest absolute Gasteiger partial charge is 0.417 e. The number of alkyl halides is 3. The number of aromatic amines is 1. The molecule has 2 heterocycles. The maximum atomic E-state index is 13.0. The van der Waals surface area contributed by atoms with E-state index in [1.807, 2.05) is 12.1 Å². The van der Waals surface area contributed by atoms with Crippen LogP contribution >= 0.6 is 11.6 Å². The summed E-state index contributed by atoms with van der Waals surface area (Å²) in [6, 6.07) is 14.1. The van der Waals surface area contributed by atoms with Crippen LogP contribution in [0, 0.1) is 0 Å². The number of carbonyl (C=O) groups is 1. The van der Waals surface area contributed by atoms with Crippen molar-refractivity contribution >= 4 is 29.0 Å². The molecule has 0 bridgehead atoms. The average molecular weight is 474 g/mol. The highest BCUT2D eigenvalue weighted by atomic mass is 35.5. The van der Waals surface area contributed by atoms with Gasteiger partial charge in [0.05, 0.1) is 22.0 Å². The van der Waals surface area contributed by atoms with E-state index in [0.717, 1.165) is 17.8 Å². The van der Waals surface area contributed by atoms with Crippen molar-refractivity contribution in [2.24, 2.45) is 0 Å². The van der Waals surface area contributed by atoms with Gasteiger partial charge >= 0.3 is 12.2 Å². The molecular formula is C22H15ClF3N5O2. The number of hydrogen-bond donors (Lipinski definition) is 3. The van der Waals surface area contributed by atoms with Gasteiger partial charge in [-0.25, -0.2) is 14.8 Å². The van der Waals surface area contributed by atoms with Crippen molar-refractivity contribution in [3.05, 3.63) is 83.8 Å². The molecule has 0 saturated heterocycles. The van der Waals surface area contributed by atoms with Crippen molar-refractivity contribution in [1.82, 2.24) is 15.0 Å². The topological polar surface area (TPSA) is 91.9 Å². The van der Waals surface area contributed by atoms with E-state index in [1.54, 1.807) is 36.5 Å². The SMILES string of the molecule is O=C(Nc1cccc(Oc2cc(-c3ccc[nH]3)ncn2)c1)Nc1ccc(Cl)c(C(F)(F)F)c1. The highest BCUT2D eigenvalue weighted by Gasteiger charge is 2.33. The number of aromatic nitrogens is 3. The van der Waals surface area contributed by atoms with Crippen molar-refractivity contribution in [1.29, 1.82) is 0 Å². The third kappa shape index (κ3) is 5.60. The van der Waals surface area contributed by atoms with Gasteiger partial charge in [-0.3, -0.25) is 0 Å². The van der Waals surface area contributed by atoms with Gasteiger partial charge in [0.15, 0.2) is 0 Å². The zero-order chi connectivity index (χ0) is 23.4. The van der Waals surface area contributed by atoms with Gasteiger partial charge in [-0.1, -0.05) is 17.7 Å². The second-order valence-corrected chi connectivity index (χ2v) is 7.13. The Balaban J connectivity index is 1.44. The molecule has 2 amide bonds. The van der Waals surface area contributed by atoms with E-state index in [4.69, 9.17) is 16.3 Å². The first-order valence-corrected chi connectivity index (χ1v) is 9.84. The Morgan fingerprint density at radius 1 is 0.970 bits per heavy atom. The lowest BCUT2D eigenvalue weighted by Crippen LogP contribution is -2.20. The number of carbonyl (C=O) groups excluding carboxylic acids is 1. The van der Waals surface area contributed by atoms with Crippen molar-refractivity contribution in [2.75, 3.05) is 10.6 Å². The van der Waals surface area contributed by atoms with Gasteiger partial charge in [0, 0.05) is 29.7 Å². The third-order valence-electron chi connectivity index (χ3n) is 4.36. The minimum Gasteiger partial charge on any atom is -0.439 e. The number of benzene rings is 2. The zero-order valence-electron chi connectivity index (χ0n) is 16.7. The first-order valence-electron chi connectivity index (χ1n) is 9.46. The van der Waals surface area contributed by atoms with E-state index in [1.165, 1.54) is 12.4 Å². The van der Waals surface area contributed by atoms with Crippen LogP contribution < -0.4 is 15.4 Å². The van der Waals surface area contributed by atoms with E-state index >= 15 is 0 Å². The Morgan fingerprint density at radius 3 is 2.48 bits per heavy atom. The normalized spacial score (nSPS) is 11.2. The largest absolute Gasteiger partial charge is 0.439 e. The molecular weight excluding hydrogens is 459 g/mol. The number of anilines is 2. The summed E-state index contributed by atoms with van der Waals surface area (Å²) in [7, 11) is 0. The predicted molar refractivity (Wildman–Crippen MR) is 117 cm³/mol. The lowest BCUT2D eigenvalue weighted by Gasteiger charge is -2.13. The van der Waals surface area contributed by atoms with Gasteiger partial charge in [-0.05, 0) is 42.5 Å². The summed E-state index contributed by atoms with van der Waals surface area (Å²) >= 11 is 5.60. The predicted octanol–water partition coefficient (Wildman–Crippen LogP) is 6.58. The van der Waals surface area contributed by atoms with Gasteiger partial charge in [0.1, 0.15) is 12.1 Å². The molecule has 33 heavy (non-hydrogen) atoms. The summed E-state index contributed by atoms with van der Waals surface area (Å²) < 4.78 is 44.8. The molecule has 0 aliphatic heterocycles. The zero-order valence-corrected chi connectivity index (χ0v) is 17.4. The summed E-state index contributed by atoms with van der Waals surface area (Å²) in [6.45, 7) is 0. The molecule has 3 N–H and O–H groups in total. The van der Waals surface area contributed by atoms with Crippen LogP contribution in [-0.2, 0) is 6.18 Å². The molecule has 0 aliphatic rings. The van der Waals surface area contributed by atoms with Crippen LogP contribution in [0.25, 0.3) is 11.4 Å². The lowest BCUT2D eigenvalue weighted by molar-refractivity contribution is -0.137. The molecule has 0 radical (unpaired) electrons. The number of rotatable bonds is 5. The van der Waals surface area contributed by atoms with Gasteiger partial charge in [-0.15, -0.1) is 0 Å². The molecule has 2 aromatic carbocycles. The van der Waals surface area contributed by atoms with Crippen LogP contribution in [0.15, 0.2) is 73.2 Å². The van der Waals surface area contributed by atoms with Crippen LogP contribution in [-0.4, -0.2) is 21.0 Å². The Labute approximate surface area is 190 Å². The van der Waals surface area contributed by atoms with Gasteiger partial charge in [-0.2, -0.15) is 13.2 Å². The molecule has 11 heteroatoms. The maximum Gasteiger partial charge on any atom is 0.417 e. The number of H-pyrrole nitrogens is 1. The summed E-state index contributed by atoms with van der Waals surface area (Å²) in [6.07, 6.45) is -1.51. The Morgan fingerprint density at radius 2 is 1.76 bits per heavy atom. The second kappa shape index (κ2) is 9.21. The standard InChI is InChI=1S/C22H15ClF3N5O2/c23-17-7-6-14(10-16(17)22(24,25)26)31-21(32)30-13-3-1-4-15(9-13)33-20-11-19(28-12-29-20)18-5-2-8-27-18/h1-12,27H,(H2,30,31,32). The fourth-order valence-corrected chi connectivity index (χ4v) is 3.13.